The molecule has 0 aliphatic rings. The Balaban J connectivity index is 3.28. The molecule has 0 saturated carbocycles. The van der Waals surface area contributed by atoms with Crippen LogP contribution in [-0.4, -0.2) is 15.0 Å². The monoisotopic (exact) mass is 264 g/mol. The summed E-state index contributed by atoms with van der Waals surface area (Å²) in [5, 5.41) is 0. The molecule has 86 valence electrons. The fourth-order valence-electron chi connectivity index (χ4n) is 1.80. The van der Waals surface area contributed by atoms with Crippen LogP contribution in [0.4, 0.5) is 0 Å². The fraction of sp³-hybridized carbons (Fsp3) is 1.00. The summed E-state index contributed by atoms with van der Waals surface area (Å²) in [4.78, 5) is 1.09. The third-order valence-electron chi connectivity index (χ3n) is 2.84. The average molecular weight is 263 g/mol. The van der Waals surface area contributed by atoms with Crippen molar-refractivity contribution in [3.8, 4) is 0 Å². The van der Waals surface area contributed by atoms with E-state index < -0.39 is 0 Å². The van der Waals surface area contributed by atoms with E-state index in [2.05, 4.69) is 19.7 Å². The molecule has 0 aromatic carbocycles. The van der Waals surface area contributed by atoms with Crippen molar-refractivity contribution in [1.82, 2.24) is 0 Å². The molecule has 0 saturated heterocycles. The van der Waals surface area contributed by atoms with Crippen LogP contribution in [-0.2, 0) is 0 Å². The molecule has 14 heavy (non-hydrogen) atoms. The first-order valence-corrected chi connectivity index (χ1v) is 9.08. The molecule has 0 spiro atoms. The molecular formula is C13H28Se. The van der Waals surface area contributed by atoms with Gasteiger partial charge in [-0.15, -0.1) is 0 Å². The van der Waals surface area contributed by atoms with Gasteiger partial charge in [-0.05, 0) is 0 Å². The average Bonchev–Trinajstić information content (AvgIpc) is 2.22. The molecule has 0 fully saturated rings. The van der Waals surface area contributed by atoms with Crippen molar-refractivity contribution in [3.63, 3.8) is 0 Å². The second-order valence-corrected chi connectivity index (χ2v) is 6.59. The molecule has 0 nitrogen and oxygen atoms in total. The zero-order valence-electron chi connectivity index (χ0n) is 10.3. The quantitative estimate of drug-likeness (QED) is 0.381. The van der Waals surface area contributed by atoms with Gasteiger partial charge in [-0.3, -0.25) is 0 Å². The molecule has 0 aromatic heterocycles. The number of hydrogen-bond acceptors (Lipinski definition) is 0. The van der Waals surface area contributed by atoms with Gasteiger partial charge in [-0.2, -0.15) is 0 Å². The summed E-state index contributed by atoms with van der Waals surface area (Å²) in [7, 11) is 0. The summed E-state index contributed by atoms with van der Waals surface area (Å²) in [5.74, 6) is 2.42. The summed E-state index contributed by atoms with van der Waals surface area (Å²) in [6.07, 6.45) is 13.1. The van der Waals surface area contributed by atoms with Crippen LogP contribution in [0.15, 0.2) is 0 Å². The van der Waals surface area contributed by atoms with Crippen LogP contribution in [0, 0.1) is 0 Å². The second-order valence-electron chi connectivity index (χ2n) is 4.20. The van der Waals surface area contributed by atoms with Crippen molar-refractivity contribution in [2.24, 2.45) is 0 Å². The van der Waals surface area contributed by atoms with Crippen LogP contribution in [0.25, 0.3) is 0 Å². The summed E-state index contributed by atoms with van der Waals surface area (Å²) < 4.78 is 0. The third-order valence-corrected chi connectivity index (χ3v) is 5.23. The summed E-state index contributed by atoms with van der Waals surface area (Å²) in [6.45, 7) is 4.59. The molecular weight excluding hydrogens is 235 g/mol. The predicted molar refractivity (Wildman–Crippen MR) is 68.3 cm³/mol. The van der Waals surface area contributed by atoms with Gasteiger partial charge in [0.05, 0.1) is 0 Å². The third kappa shape index (κ3) is 9.09. The molecule has 0 aliphatic carbocycles. The van der Waals surface area contributed by atoms with Gasteiger partial charge in [0.1, 0.15) is 0 Å². The van der Waals surface area contributed by atoms with E-state index in [-0.39, 0.29) is 0 Å². The van der Waals surface area contributed by atoms with Crippen LogP contribution in [0.1, 0.15) is 71.6 Å². The standard InChI is InChI=1S/C13H28Se/c1-4-6-8-10-12-13(14-3)11-9-7-5-2/h13H,4-12H2,1-3H3. The van der Waals surface area contributed by atoms with E-state index in [0.29, 0.717) is 0 Å². The van der Waals surface area contributed by atoms with E-state index in [0.717, 1.165) is 19.8 Å². The Morgan fingerprint density at radius 1 is 0.786 bits per heavy atom. The van der Waals surface area contributed by atoms with Crippen molar-refractivity contribution in [1.29, 1.82) is 0 Å². The van der Waals surface area contributed by atoms with Crippen molar-refractivity contribution >= 4 is 15.0 Å². The Bertz CT molecular complexity index is 101. The zero-order valence-corrected chi connectivity index (χ0v) is 12.1. The Morgan fingerprint density at radius 3 is 1.79 bits per heavy atom. The minimum absolute atomic E-state index is 0.889. The second kappa shape index (κ2) is 11.6. The maximum atomic E-state index is 2.42. The Kier molecular flexibility index (Phi) is 12.0. The van der Waals surface area contributed by atoms with Crippen LogP contribution < -0.4 is 0 Å². The van der Waals surface area contributed by atoms with Crippen molar-refractivity contribution < 1.29 is 0 Å². The molecule has 0 amide bonds. The van der Waals surface area contributed by atoms with Gasteiger partial charge in [-0.1, -0.05) is 0 Å². The number of unbranched alkanes of at least 4 members (excludes halogenated alkanes) is 5. The topological polar surface area (TPSA) is 0 Å². The molecule has 0 bridgehead atoms. The van der Waals surface area contributed by atoms with Crippen molar-refractivity contribution in [2.45, 2.75) is 82.3 Å². The molecule has 1 unspecified atom stereocenters. The van der Waals surface area contributed by atoms with E-state index in [9.17, 15) is 0 Å². The zero-order chi connectivity index (χ0) is 10.6. The molecule has 0 radical (unpaired) electrons. The molecule has 0 aliphatic heterocycles. The molecule has 0 N–H and O–H groups in total. The Morgan fingerprint density at radius 2 is 1.29 bits per heavy atom. The van der Waals surface area contributed by atoms with E-state index in [1.54, 1.807) is 0 Å². The predicted octanol–water partition coefficient (Wildman–Crippen LogP) is 5.08. The van der Waals surface area contributed by atoms with Gasteiger partial charge in [0.2, 0.25) is 0 Å². The summed E-state index contributed by atoms with van der Waals surface area (Å²) in [5.41, 5.74) is 0. The molecule has 1 atom stereocenters. The first-order chi connectivity index (χ1) is 6.85. The maximum absolute atomic E-state index is 2.42. The summed E-state index contributed by atoms with van der Waals surface area (Å²) in [6, 6.07) is 0. The Labute approximate surface area is 97.4 Å². The van der Waals surface area contributed by atoms with Gasteiger partial charge in [-0.25, -0.2) is 0 Å². The minimum atomic E-state index is 0.889. The van der Waals surface area contributed by atoms with E-state index in [4.69, 9.17) is 0 Å². The first-order valence-electron chi connectivity index (χ1n) is 6.37. The van der Waals surface area contributed by atoms with Gasteiger partial charge >= 0.3 is 97.2 Å². The van der Waals surface area contributed by atoms with E-state index >= 15 is 0 Å². The first kappa shape index (κ1) is 14.5. The van der Waals surface area contributed by atoms with Crippen LogP contribution >= 0.6 is 0 Å². The van der Waals surface area contributed by atoms with Crippen molar-refractivity contribution in [3.05, 3.63) is 0 Å². The fourth-order valence-corrected chi connectivity index (χ4v) is 3.49. The normalized spacial score (nSPS) is 13.1. The van der Waals surface area contributed by atoms with Crippen LogP contribution in [0.3, 0.4) is 0 Å². The Hall–Kier alpha value is 0.519. The molecule has 0 aromatic rings. The molecule has 1 heteroatoms. The van der Waals surface area contributed by atoms with Crippen molar-refractivity contribution in [2.75, 3.05) is 0 Å². The van der Waals surface area contributed by atoms with Crippen LogP contribution in [0.2, 0.25) is 10.6 Å². The van der Waals surface area contributed by atoms with E-state index in [1.807, 2.05) is 0 Å². The van der Waals surface area contributed by atoms with E-state index in [1.165, 1.54) is 57.8 Å². The van der Waals surface area contributed by atoms with Gasteiger partial charge in [0.25, 0.3) is 0 Å². The van der Waals surface area contributed by atoms with Gasteiger partial charge < -0.3 is 0 Å². The molecule has 0 heterocycles. The molecule has 0 rings (SSSR count). The van der Waals surface area contributed by atoms with Crippen LogP contribution in [0.5, 0.6) is 0 Å². The van der Waals surface area contributed by atoms with Gasteiger partial charge in [0, 0.05) is 0 Å². The SMILES string of the molecule is CCCCCCC(CCCCC)[Se]C. The number of hydrogen-bond donors (Lipinski definition) is 0. The van der Waals surface area contributed by atoms with Gasteiger partial charge in [0.15, 0.2) is 0 Å². The number of rotatable bonds is 10. The summed E-state index contributed by atoms with van der Waals surface area (Å²) >= 11 is 0.889.